The summed E-state index contributed by atoms with van der Waals surface area (Å²) >= 11 is 0. The molecule has 2 aromatic carbocycles. The predicted octanol–water partition coefficient (Wildman–Crippen LogP) is 3.60. The lowest BCUT2D eigenvalue weighted by Crippen LogP contribution is -2.44. The maximum absolute atomic E-state index is 13.8. The molecule has 0 aromatic heterocycles. The zero-order valence-corrected chi connectivity index (χ0v) is 14.0. The Hall–Kier alpha value is -2.40. The first-order chi connectivity index (χ1) is 12.2. The van der Waals surface area contributed by atoms with Gasteiger partial charge in [0.05, 0.1) is 5.69 Å². The third kappa shape index (κ3) is 3.00. The lowest BCUT2D eigenvalue weighted by atomic mass is 9.75. The van der Waals surface area contributed by atoms with Crippen LogP contribution < -0.4 is 10.2 Å². The second-order valence-electron chi connectivity index (χ2n) is 6.82. The van der Waals surface area contributed by atoms with Gasteiger partial charge >= 0.3 is 6.09 Å². The molecule has 4 rings (SSSR count). The van der Waals surface area contributed by atoms with Crippen LogP contribution in [-0.4, -0.2) is 25.7 Å². The van der Waals surface area contributed by atoms with E-state index in [1.165, 1.54) is 6.07 Å². The van der Waals surface area contributed by atoms with E-state index in [2.05, 4.69) is 5.32 Å². The average Bonchev–Trinajstić information content (AvgIpc) is 2.95. The highest BCUT2D eigenvalue weighted by Gasteiger charge is 2.45. The van der Waals surface area contributed by atoms with Crippen molar-refractivity contribution in [2.45, 2.75) is 24.9 Å². The van der Waals surface area contributed by atoms with Crippen LogP contribution in [0.4, 0.5) is 14.9 Å². The molecule has 1 spiro atoms. The van der Waals surface area contributed by atoms with Gasteiger partial charge in [-0.05, 0) is 55.3 Å². The molecule has 2 heterocycles. The van der Waals surface area contributed by atoms with Crippen LogP contribution in [0.1, 0.15) is 24.0 Å². The summed E-state index contributed by atoms with van der Waals surface area (Å²) in [6.07, 6.45) is 1.42. The number of carbonyl (C=O) groups is 1. The summed E-state index contributed by atoms with van der Waals surface area (Å²) in [7, 11) is 0. The SMILES string of the molecule is O=C(OCc1ccccc1)N1CC2(CCNCC2)c2cc(F)ccc21. The van der Waals surface area contributed by atoms with E-state index in [9.17, 15) is 9.18 Å². The third-order valence-corrected chi connectivity index (χ3v) is 5.27. The van der Waals surface area contributed by atoms with Crippen molar-refractivity contribution >= 4 is 11.8 Å². The van der Waals surface area contributed by atoms with Crippen LogP contribution in [0.25, 0.3) is 0 Å². The molecule has 4 nitrogen and oxygen atoms in total. The van der Waals surface area contributed by atoms with Crippen LogP contribution in [0.2, 0.25) is 0 Å². The van der Waals surface area contributed by atoms with E-state index < -0.39 is 0 Å². The zero-order chi connectivity index (χ0) is 17.3. The van der Waals surface area contributed by atoms with Crippen LogP contribution in [0, 0.1) is 5.82 Å². The first-order valence-electron chi connectivity index (χ1n) is 8.67. The number of carbonyl (C=O) groups excluding carboxylic acids is 1. The second kappa shape index (κ2) is 6.48. The fraction of sp³-hybridized carbons (Fsp3) is 0.350. The van der Waals surface area contributed by atoms with Crippen LogP contribution in [0.15, 0.2) is 48.5 Å². The van der Waals surface area contributed by atoms with Gasteiger partial charge in [-0.15, -0.1) is 0 Å². The van der Waals surface area contributed by atoms with Crippen molar-refractivity contribution in [3.8, 4) is 0 Å². The second-order valence-corrected chi connectivity index (χ2v) is 6.82. The molecule has 1 fully saturated rings. The summed E-state index contributed by atoms with van der Waals surface area (Å²) in [5.41, 5.74) is 2.49. The van der Waals surface area contributed by atoms with E-state index in [0.717, 1.165) is 42.7 Å². The molecule has 0 unspecified atom stereocenters. The summed E-state index contributed by atoms with van der Waals surface area (Å²) in [5.74, 6) is -0.254. The van der Waals surface area contributed by atoms with Crippen molar-refractivity contribution in [2.24, 2.45) is 0 Å². The quantitative estimate of drug-likeness (QED) is 0.908. The molecule has 2 aliphatic rings. The number of amides is 1. The van der Waals surface area contributed by atoms with E-state index in [1.807, 2.05) is 30.3 Å². The Morgan fingerprint density at radius 2 is 1.92 bits per heavy atom. The maximum Gasteiger partial charge on any atom is 0.414 e. The van der Waals surface area contributed by atoms with Crippen molar-refractivity contribution in [3.63, 3.8) is 0 Å². The predicted molar refractivity (Wildman–Crippen MR) is 94.2 cm³/mol. The topological polar surface area (TPSA) is 41.6 Å². The van der Waals surface area contributed by atoms with Gasteiger partial charge in [0.1, 0.15) is 12.4 Å². The first-order valence-corrected chi connectivity index (χ1v) is 8.67. The molecule has 0 saturated carbocycles. The highest BCUT2D eigenvalue weighted by atomic mass is 19.1. The lowest BCUT2D eigenvalue weighted by Gasteiger charge is -2.34. The number of hydrogen-bond acceptors (Lipinski definition) is 3. The zero-order valence-electron chi connectivity index (χ0n) is 14.0. The number of piperidine rings is 1. The van der Waals surface area contributed by atoms with Gasteiger partial charge in [-0.3, -0.25) is 4.90 Å². The highest BCUT2D eigenvalue weighted by molar-refractivity contribution is 5.91. The molecule has 1 N–H and O–H groups in total. The van der Waals surface area contributed by atoms with Crippen molar-refractivity contribution in [2.75, 3.05) is 24.5 Å². The molecule has 2 aliphatic heterocycles. The number of fused-ring (bicyclic) bond motifs is 2. The molecule has 0 atom stereocenters. The Kier molecular flexibility index (Phi) is 4.17. The molecular weight excluding hydrogens is 319 g/mol. The molecule has 5 heteroatoms. The van der Waals surface area contributed by atoms with Crippen LogP contribution in [0.5, 0.6) is 0 Å². The largest absolute Gasteiger partial charge is 0.444 e. The van der Waals surface area contributed by atoms with Crippen molar-refractivity contribution < 1.29 is 13.9 Å². The number of benzene rings is 2. The fourth-order valence-electron chi connectivity index (χ4n) is 3.93. The van der Waals surface area contributed by atoms with Crippen LogP contribution in [-0.2, 0) is 16.8 Å². The van der Waals surface area contributed by atoms with Gasteiger partial charge < -0.3 is 10.1 Å². The smallest absolute Gasteiger partial charge is 0.414 e. The number of anilines is 1. The number of ether oxygens (including phenoxy) is 1. The summed E-state index contributed by atoms with van der Waals surface area (Å²) < 4.78 is 19.4. The van der Waals surface area contributed by atoms with Crippen LogP contribution >= 0.6 is 0 Å². The fourth-order valence-corrected chi connectivity index (χ4v) is 3.93. The van der Waals surface area contributed by atoms with Gasteiger partial charge in [0.15, 0.2) is 0 Å². The van der Waals surface area contributed by atoms with Gasteiger partial charge in [0.2, 0.25) is 0 Å². The molecule has 130 valence electrons. The Bertz CT molecular complexity index is 773. The maximum atomic E-state index is 13.8. The van der Waals surface area contributed by atoms with Gasteiger partial charge in [-0.25, -0.2) is 9.18 Å². The Labute approximate surface area is 146 Å². The number of hydrogen-bond donors (Lipinski definition) is 1. The monoisotopic (exact) mass is 340 g/mol. The van der Waals surface area contributed by atoms with Gasteiger partial charge in [-0.1, -0.05) is 30.3 Å². The molecule has 2 aromatic rings. The molecule has 0 bridgehead atoms. The Balaban J connectivity index is 1.57. The van der Waals surface area contributed by atoms with Crippen molar-refractivity contribution in [1.82, 2.24) is 5.32 Å². The minimum absolute atomic E-state index is 0.172. The number of nitrogens with one attached hydrogen (secondary N) is 1. The van der Waals surface area contributed by atoms with E-state index in [4.69, 9.17) is 4.74 Å². The van der Waals surface area contributed by atoms with Crippen molar-refractivity contribution in [1.29, 1.82) is 0 Å². The summed E-state index contributed by atoms with van der Waals surface area (Å²) in [5, 5.41) is 3.34. The van der Waals surface area contributed by atoms with Crippen LogP contribution in [0.3, 0.4) is 0 Å². The summed E-state index contributed by atoms with van der Waals surface area (Å²) in [6, 6.07) is 14.3. The van der Waals surface area contributed by atoms with Gasteiger partial charge in [-0.2, -0.15) is 0 Å². The van der Waals surface area contributed by atoms with E-state index in [1.54, 1.807) is 17.0 Å². The average molecular weight is 340 g/mol. The Morgan fingerprint density at radius 1 is 1.16 bits per heavy atom. The highest BCUT2D eigenvalue weighted by Crippen LogP contribution is 2.46. The number of rotatable bonds is 2. The Morgan fingerprint density at radius 3 is 2.68 bits per heavy atom. The lowest BCUT2D eigenvalue weighted by molar-refractivity contribution is 0.145. The standard InChI is InChI=1S/C20H21FN2O2/c21-16-6-7-18-17(12-16)20(8-10-22-11-9-20)14-23(18)19(24)25-13-15-4-2-1-3-5-15/h1-7,12,22H,8-11,13-14H2. The summed E-state index contributed by atoms with van der Waals surface area (Å²) in [4.78, 5) is 14.4. The van der Waals surface area contributed by atoms with E-state index in [-0.39, 0.29) is 23.9 Å². The van der Waals surface area contributed by atoms with Gasteiger partial charge in [0.25, 0.3) is 0 Å². The molecule has 1 amide bonds. The molecule has 1 saturated heterocycles. The number of nitrogens with zero attached hydrogens (tertiary/aromatic N) is 1. The third-order valence-electron chi connectivity index (χ3n) is 5.27. The normalized spacial score (nSPS) is 18.2. The molecular formula is C20H21FN2O2. The minimum Gasteiger partial charge on any atom is -0.444 e. The van der Waals surface area contributed by atoms with Crippen molar-refractivity contribution in [3.05, 3.63) is 65.5 Å². The summed E-state index contributed by atoms with van der Waals surface area (Å²) in [6.45, 7) is 2.55. The van der Waals surface area contributed by atoms with E-state index in [0.29, 0.717) is 6.54 Å². The molecule has 0 aliphatic carbocycles. The molecule has 0 radical (unpaired) electrons. The van der Waals surface area contributed by atoms with Gasteiger partial charge in [0, 0.05) is 12.0 Å². The first kappa shape index (κ1) is 16.1. The van der Waals surface area contributed by atoms with E-state index >= 15 is 0 Å². The molecule has 25 heavy (non-hydrogen) atoms. The number of halogens is 1. The minimum atomic E-state index is -0.368.